The Hall–Kier alpha value is -2.89. The van der Waals surface area contributed by atoms with Gasteiger partial charge < -0.3 is 15.5 Å². The molecule has 1 heterocycles. The van der Waals surface area contributed by atoms with Crippen molar-refractivity contribution in [1.82, 2.24) is 4.90 Å². The molecule has 0 radical (unpaired) electrons. The number of nitrogens with two attached hydrogens (primary N) is 1. The molecule has 2 amide bonds. The van der Waals surface area contributed by atoms with Crippen LogP contribution in [-0.4, -0.2) is 36.3 Å². The van der Waals surface area contributed by atoms with Gasteiger partial charge in [-0.2, -0.15) is 0 Å². The number of nitrogens with zero attached hydrogens (tertiary/aromatic N) is 2. The summed E-state index contributed by atoms with van der Waals surface area (Å²) in [5.41, 5.74) is 6.86. The summed E-state index contributed by atoms with van der Waals surface area (Å²) in [6.45, 7) is 0.374. The molecule has 0 aliphatic carbocycles. The van der Waals surface area contributed by atoms with Crippen molar-refractivity contribution in [3.05, 3.63) is 59.9 Å². The molecular formula is C18H18FN3O2. The van der Waals surface area contributed by atoms with Gasteiger partial charge in [0, 0.05) is 24.8 Å². The normalized spacial score (nSPS) is 17.2. The summed E-state index contributed by atoms with van der Waals surface area (Å²) in [7, 11) is 1.58. The van der Waals surface area contributed by atoms with Crippen LogP contribution >= 0.6 is 0 Å². The molecule has 6 heteroatoms. The van der Waals surface area contributed by atoms with Crippen molar-refractivity contribution < 1.29 is 14.0 Å². The first-order valence-electron chi connectivity index (χ1n) is 7.67. The van der Waals surface area contributed by atoms with Crippen LogP contribution in [0.3, 0.4) is 0 Å². The zero-order valence-electron chi connectivity index (χ0n) is 13.3. The fourth-order valence-corrected chi connectivity index (χ4v) is 2.95. The maximum atomic E-state index is 13.9. The van der Waals surface area contributed by atoms with Gasteiger partial charge in [0.15, 0.2) is 0 Å². The predicted octanol–water partition coefficient (Wildman–Crippen LogP) is 2.29. The van der Waals surface area contributed by atoms with Crippen molar-refractivity contribution in [2.45, 2.75) is 12.5 Å². The highest BCUT2D eigenvalue weighted by Crippen LogP contribution is 2.27. The number of halogens is 1. The van der Waals surface area contributed by atoms with E-state index in [0.29, 0.717) is 24.2 Å². The van der Waals surface area contributed by atoms with Gasteiger partial charge in [0.25, 0.3) is 5.91 Å². The zero-order chi connectivity index (χ0) is 17.3. The van der Waals surface area contributed by atoms with Crippen molar-refractivity contribution in [3.8, 4) is 0 Å². The Bertz CT molecular complexity index is 793. The Morgan fingerprint density at radius 1 is 1.25 bits per heavy atom. The lowest BCUT2D eigenvalue weighted by Gasteiger charge is -2.24. The Morgan fingerprint density at radius 3 is 2.71 bits per heavy atom. The number of nitrogen functional groups attached to an aromatic ring is 1. The Morgan fingerprint density at radius 2 is 2.00 bits per heavy atom. The van der Waals surface area contributed by atoms with Gasteiger partial charge in [-0.1, -0.05) is 18.2 Å². The number of amides is 2. The number of likely N-dealkylation sites (N-methyl/N-ethyl adjacent to an activating group) is 1. The minimum Gasteiger partial charge on any atom is -0.399 e. The number of carbonyl (C=O) groups excluding carboxylic acids is 2. The molecule has 3 rings (SSSR count). The quantitative estimate of drug-likeness (QED) is 0.880. The Kier molecular flexibility index (Phi) is 4.20. The number of rotatable bonds is 3. The highest BCUT2D eigenvalue weighted by atomic mass is 19.1. The molecule has 5 nitrogen and oxygen atoms in total. The number of carbonyl (C=O) groups is 2. The molecule has 0 unspecified atom stereocenters. The Balaban J connectivity index is 1.80. The fraction of sp³-hybridized carbons (Fsp3) is 0.222. The van der Waals surface area contributed by atoms with Gasteiger partial charge in [-0.25, -0.2) is 4.39 Å². The van der Waals surface area contributed by atoms with Crippen molar-refractivity contribution in [2.75, 3.05) is 24.2 Å². The average Bonchev–Trinajstić information content (AvgIpc) is 2.95. The van der Waals surface area contributed by atoms with E-state index in [1.807, 2.05) is 0 Å². The molecule has 1 fully saturated rings. The molecule has 1 atom stereocenters. The van der Waals surface area contributed by atoms with Gasteiger partial charge in [-0.05, 0) is 36.8 Å². The summed E-state index contributed by atoms with van der Waals surface area (Å²) in [4.78, 5) is 28.0. The van der Waals surface area contributed by atoms with E-state index in [1.165, 1.54) is 15.9 Å². The summed E-state index contributed by atoms with van der Waals surface area (Å²) in [5, 5.41) is 0. The van der Waals surface area contributed by atoms with Crippen molar-refractivity contribution in [2.24, 2.45) is 0 Å². The van der Waals surface area contributed by atoms with Gasteiger partial charge in [-0.3, -0.25) is 9.59 Å². The lowest BCUT2D eigenvalue weighted by atomic mass is 10.1. The highest BCUT2D eigenvalue weighted by Gasteiger charge is 2.38. The predicted molar refractivity (Wildman–Crippen MR) is 90.1 cm³/mol. The van der Waals surface area contributed by atoms with E-state index >= 15 is 0 Å². The van der Waals surface area contributed by atoms with Crippen LogP contribution in [0.15, 0.2) is 48.5 Å². The monoisotopic (exact) mass is 327 g/mol. The standard InChI is InChI=1S/C18H18FN3O2/c1-21(17(23)12-5-4-6-13(20)11-12)16-9-10-22(18(16)24)15-8-3-2-7-14(15)19/h2-8,11,16H,9-10,20H2,1H3/t16-/m1/s1. The van der Waals surface area contributed by atoms with Crippen molar-refractivity contribution in [1.29, 1.82) is 0 Å². The van der Waals surface area contributed by atoms with Crippen LogP contribution in [0.25, 0.3) is 0 Å². The molecule has 1 aliphatic rings. The van der Waals surface area contributed by atoms with E-state index in [-0.39, 0.29) is 17.5 Å². The minimum absolute atomic E-state index is 0.245. The molecule has 0 spiro atoms. The zero-order valence-corrected chi connectivity index (χ0v) is 13.3. The van der Waals surface area contributed by atoms with Crippen LogP contribution in [0.1, 0.15) is 16.8 Å². The summed E-state index contributed by atoms with van der Waals surface area (Å²) in [6, 6.07) is 12.1. The highest BCUT2D eigenvalue weighted by molar-refractivity contribution is 6.04. The second-order valence-electron chi connectivity index (χ2n) is 5.79. The maximum absolute atomic E-state index is 13.9. The molecule has 0 saturated carbocycles. The molecule has 0 bridgehead atoms. The fourth-order valence-electron chi connectivity index (χ4n) is 2.95. The molecule has 2 N–H and O–H groups in total. The van der Waals surface area contributed by atoms with Crippen LogP contribution in [-0.2, 0) is 4.79 Å². The van der Waals surface area contributed by atoms with E-state index in [0.717, 1.165) is 0 Å². The van der Waals surface area contributed by atoms with E-state index in [1.54, 1.807) is 49.5 Å². The van der Waals surface area contributed by atoms with Gasteiger partial charge >= 0.3 is 0 Å². The maximum Gasteiger partial charge on any atom is 0.254 e. The lowest BCUT2D eigenvalue weighted by Crippen LogP contribution is -2.43. The smallest absolute Gasteiger partial charge is 0.254 e. The van der Waals surface area contributed by atoms with Crippen LogP contribution in [0.2, 0.25) is 0 Å². The topological polar surface area (TPSA) is 66.6 Å². The molecule has 24 heavy (non-hydrogen) atoms. The first-order valence-corrected chi connectivity index (χ1v) is 7.67. The molecular weight excluding hydrogens is 309 g/mol. The first-order chi connectivity index (χ1) is 11.5. The van der Waals surface area contributed by atoms with Crippen LogP contribution < -0.4 is 10.6 Å². The van der Waals surface area contributed by atoms with E-state index in [9.17, 15) is 14.0 Å². The third kappa shape index (κ3) is 2.82. The second-order valence-corrected chi connectivity index (χ2v) is 5.79. The average molecular weight is 327 g/mol. The Labute approximate surface area is 139 Å². The van der Waals surface area contributed by atoms with Gasteiger partial charge in [0.1, 0.15) is 11.9 Å². The number of para-hydroxylation sites is 1. The van der Waals surface area contributed by atoms with E-state index < -0.39 is 11.9 Å². The van der Waals surface area contributed by atoms with E-state index in [2.05, 4.69) is 0 Å². The van der Waals surface area contributed by atoms with Gasteiger partial charge in [0.2, 0.25) is 5.91 Å². The van der Waals surface area contributed by atoms with E-state index in [4.69, 9.17) is 5.73 Å². The summed E-state index contributed by atoms with van der Waals surface area (Å²) in [6.07, 6.45) is 0.456. The summed E-state index contributed by atoms with van der Waals surface area (Å²) in [5.74, 6) is -1.01. The van der Waals surface area contributed by atoms with Crippen molar-refractivity contribution >= 4 is 23.2 Å². The van der Waals surface area contributed by atoms with Crippen molar-refractivity contribution in [3.63, 3.8) is 0 Å². The largest absolute Gasteiger partial charge is 0.399 e. The first kappa shape index (κ1) is 16.0. The molecule has 1 aliphatic heterocycles. The second kappa shape index (κ2) is 6.31. The van der Waals surface area contributed by atoms with Gasteiger partial charge in [-0.15, -0.1) is 0 Å². The molecule has 0 aromatic heterocycles. The third-order valence-electron chi connectivity index (χ3n) is 4.24. The minimum atomic E-state index is -0.612. The lowest BCUT2D eigenvalue weighted by molar-refractivity contribution is -0.120. The van der Waals surface area contributed by atoms with Crippen LogP contribution in [0.5, 0.6) is 0 Å². The number of hydrogen-bond donors (Lipinski definition) is 1. The summed E-state index contributed by atoms with van der Waals surface area (Å²) >= 11 is 0. The molecule has 2 aromatic rings. The number of anilines is 2. The number of benzene rings is 2. The van der Waals surface area contributed by atoms with Crippen LogP contribution in [0, 0.1) is 5.82 Å². The molecule has 2 aromatic carbocycles. The molecule has 124 valence electrons. The third-order valence-corrected chi connectivity index (χ3v) is 4.24. The van der Waals surface area contributed by atoms with Crippen LogP contribution in [0.4, 0.5) is 15.8 Å². The number of hydrogen-bond acceptors (Lipinski definition) is 3. The SMILES string of the molecule is CN(C(=O)c1cccc(N)c1)[C@@H]1CCN(c2ccccc2F)C1=O. The van der Waals surface area contributed by atoms with Gasteiger partial charge in [0.05, 0.1) is 5.69 Å². The molecule has 1 saturated heterocycles. The summed E-state index contributed by atoms with van der Waals surface area (Å²) < 4.78 is 13.9.